The second-order valence-corrected chi connectivity index (χ2v) is 12.3. The number of piperidine rings is 1. The molecule has 0 radical (unpaired) electrons. The van der Waals surface area contributed by atoms with Crippen LogP contribution in [0.15, 0.2) is 36.7 Å². The quantitative estimate of drug-likeness (QED) is 0.384. The van der Waals surface area contributed by atoms with E-state index < -0.39 is 17.7 Å². The molecule has 0 spiro atoms. The number of fused-ring (bicyclic) bond motifs is 2. The van der Waals surface area contributed by atoms with Crippen molar-refractivity contribution in [3.05, 3.63) is 59.2 Å². The number of aromatic nitrogens is 3. The lowest BCUT2D eigenvalue weighted by atomic mass is 9.92. The SMILES string of the molecule is CCOC(=O)c1cnn2ccc(N3CC4CC4C3c3cc(F)ccc3CCC3(NC(=O)OC(C)(C)C)CC3)nc12. The van der Waals surface area contributed by atoms with E-state index in [1.54, 1.807) is 23.7 Å². The Bertz CT molecular complexity index is 1460. The lowest BCUT2D eigenvalue weighted by Gasteiger charge is -2.31. The standard InChI is InChI=1S/C30H36FN5O4/c1-5-39-27(37)23-16-32-36-13-9-24(33-26(23)36)35-17-19-14-21(19)25(35)22-15-20(31)7-6-18(22)8-10-30(11-12-30)34-28(38)40-29(2,3)4/h6-7,9,13,15-16,19,21,25H,5,8,10-12,14,17H2,1-4H3,(H,34,38). The lowest BCUT2D eigenvalue weighted by Crippen LogP contribution is -2.41. The third kappa shape index (κ3) is 5.23. The Morgan fingerprint density at radius 2 is 2.02 bits per heavy atom. The number of nitrogens with one attached hydrogen (secondary N) is 1. The number of carbonyl (C=O) groups excluding carboxylic acids is 2. The molecule has 1 amide bonds. The van der Waals surface area contributed by atoms with Gasteiger partial charge < -0.3 is 19.7 Å². The molecular formula is C30H36FN5O4. The fourth-order valence-corrected chi connectivity index (χ4v) is 6.02. The first kappa shape index (κ1) is 26.5. The number of amides is 1. The first-order valence-electron chi connectivity index (χ1n) is 14.1. The molecule has 1 N–H and O–H groups in total. The molecule has 1 aromatic carbocycles. The van der Waals surface area contributed by atoms with Crippen molar-refractivity contribution in [2.24, 2.45) is 11.8 Å². The number of benzene rings is 1. The summed E-state index contributed by atoms with van der Waals surface area (Å²) in [6.45, 7) is 8.41. The molecule has 3 aliphatic rings. The molecule has 0 bridgehead atoms. The Hall–Kier alpha value is -3.69. The summed E-state index contributed by atoms with van der Waals surface area (Å²) in [6, 6.07) is 6.94. The van der Waals surface area contributed by atoms with Gasteiger partial charge in [-0.05, 0) is 101 Å². The molecule has 2 aliphatic carbocycles. The van der Waals surface area contributed by atoms with Crippen LogP contribution >= 0.6 is 0 Å². The number of rotatable bonds is 8. The number of ether oxygens (including phenoxy) is 2. The van der Waals surface area contributed by atoms with E-state index in [1.165, 1.54) is 12.3 Å². The normalized spacial score (nSPS) is 22.6. The lowest BCUT2D eigenvalue weighted by molar-refractivity contribution is 0.0490. The molecule has 3 fully saturated rings. The molecule has 2 saturated carbocycles. The van der Waals surface area contributed by atoms with Crippen LogP contribution in [0.2, 0.25) is 0 Å². The van der Waals surface area contributed by atoms with Gasteiger partial charge in [0.1, 0.15) is 22.8 Å². The minimum absolute atomic E-state index is 0.0198. The van der Waals surface area contributed by atoms with Gasteiger partial charge in [-0.2, -0.15) is 5.10 Å². The smallest absolute Gasteiger partial charge is 0.408 e. The van der Waals surface area contributed by atoms with Gasteiger partial charge in [0.05, 0.1) is 18.8 Å². The molecule has 1 aliphatic heterocycles. The predicted octanol–water partition coefficient (Wildman–Crippen LogP) is 5.23. The van der Waals surface area contributed by atoms with Crippen LogP contribution in [0.1, 0.15) is 80.9 Å². The summed E-state index contributed by atoms with van der Waals surface area (Å²) in [7, 11) is 0. The van der Waals surface area contributed by atoms with Gasteiger partial charge in [-0.25, -0.2) is 23.5 Å². The summed E-state index contributed by atoms with van der Waals surface area (Å²) in [5.74, 6) is 0.959. The molecule has 9 nitrogen and oxygen atoms in total. The van der Waals surface area contributed by atoms with Crippen molar-refractivity contribution in [2.75, 3.05) is 18.1 Å². The molecule has 3 heterocycles. The number of carbonyl (C=O) groups is 2. The minimum Gasteiger partial charge on any atom is -0.462 e. The van der Waals surface area contributed by atoms with Gasteiger partial charge in [0.15, 0.2) is 5.65 Å². The van der Waals surface area contributed by atoms with E-state index in [4.69, 9.17) is 14.5 Å². The molecule has 3 aromatic rings. The number of hydrogen-bond donors (Lipinski definition) is 1. The molecule has 10 heteroatoms. The first-order chi connectivity index (χ1) is 19.1. The number of aryl methyl sites for hydroxylation is 1. The van der Waals surface area contributed by atoms with Crippen LogP contribution in [-0.4, -0.2) is 51.0 Å². The Balaban J connectivity index is 1.26. The zero-order chi connectivity index (χ0) is 28.2. The summed E-state index contributed by atoms with van der Waals surface area (Å²) >= 11 is 0. The van der Waals surface area contributed by atoms with Crippen LogP contribution in [0.5, 0.6) is 0 Å². The van der Waals surface area contributed by atoms with E-state index in [0.717, 1.165) is 55.6 Å². The number of nitrogens with zero attached hydrogens (tertiary/aromatic N) is 4. The van der Waals surface area contributed by atoms with Gasteiger partial charge in [0.25, 0.3) is 0 Å². The molecule has 40 heavy (non-hydrogen) atoms. The van der Waals surface area contributed by atoms with Gasteiger partial charge in [0.2, 0.25) is 0 Å². The molecule has 212 valence electrons. The molecule has 1 saturated heterocycles. The topological polar surface area (TPSA) is 98.1 Å². The Morgan fingerprint density at radius 1 is 1.23 bits per heavy atom. The summed E-state index contributed by atoms with van der Waals surface area (Å²) in [5.41, 5.74) is 1.99. The van der Waals surface area contributed by atoms with Gasteiger partial charge in [-0.3, -0.25) is 0 Å². The molecule has 2 aromatic heterocycles. The highest BCUT2D eigenvalue weighted by Gasteiger charge is 2.54. The summed E-state index contributed by atoms with van der Waals surface area (Å²) in [6.07, 6.45) is 7.27. The first-order valence-corrected chi connectivity index (χ1v) is 14.1. The van der Waals surface area contributed by atoms with Crippen LogP contribution < -0.4 is 10.2 Å². The van der Waals surface area contributed by atoms with Crippen molar-refractivity contribution in [1.29, 1.82) is 0 Å². The monoisotopic (exact) mass is 549 g/mol. The van der Waals surface area contributed by atoms with Crippen molar-refractivity contribution in [3.63, 3.8) is 0 Å². The minimum atomic E-state index is -0.553. The van der Waals surface area contributed by atoms with Crippen LogP contribution in [0.25, 0.3) is 5.65 Å². The van der Waals surface area contributed by atoms with Gasteiger partial charge in [0, 0.05) is 18.3 Å². The number of esters is 1. The third-order valence-corrected chi connectivity index (χ3v) is 8.21. The van der Waals surface area contributed by atoms with Gasteiger partial charge in [-0.15, -0.1) is 0 Å². The number of hydrogen-bond acceptors (Lipinski definition) is 7. The average molecular weight is 550 g/mol. The highest BCUT2D eigenvalue weighted by atomic mass is 19.1. The Labute approximate surface area is 233 Å². The largest absolute Gasteiger partial charge is 0.462 e. The Kier molecular flexibility index (Phi) is 6.46. The maximum Gasteiger partial charge on any atom is 0.408 e. The maximum atomic E-state index is 14.7. The fraction of sp³-hybridized carbons (Fsp3) is 0.533. The van der Waals surface area contributed by atoms with E-state index in [2.05, 4.69) is 15.3 Å². The van der Waals surface area contributed by atoms with Gasteiger partial charge in [-0.1, -0.05) is 6.07 Å². The van der Waals surface area contributed by atoms with E-state index in [1.807, 2.05) is 32.9 Å². The number of anilines is 1. The molecular weight excluding hydrogens is 513 g/mol. The van der Waals surface area contributed by atoms with Crippen molar-refractivity contribution < 1.29 is 23.5 Å². The number of halogens is 1. The van der Waals surface area contributed by atoms with Crippen LogP contribution in [0.3, 0.4) is 0 Å². The van der Waals surface area contributed by atoms with Gasteiger partial charge >= 0.3 is 12.1 Å². The Morgan fingerprint density at radius 3 is 2.75 bits per heavy atom. The van der Waals surface area contributed by atoms with Crippen molar-refractivity contribution in [3.8, 4) is 0 Å². The second-order valence-electron chi connectivity index (χ2n) is 12.3. The van der Waals surface area contributed by atoms with E-state index >= 15 is 0 Å². The van der Waals surface area contributed by atoms with E-state index in [-0.39, 0.29) is 24.0 Å². The van der Waals surface area contributed by atoms with Crippen LogP contribution in [0.4, 0.5) is 15.0 Å². The molecule has 3 unspecified atom stereocenters. The third-order valence-electron chi connectivity index (χ3n) is 8.21. The summed E-state index contributed by atoms with van der Waals surface area (Å²) < 4.78 is 26.9. The highest BCUT2D eigenvalue weighted by molar-refractivity contribution is 5.95. The van der Waals surface area contributed by atoms with Crippen molar-refractivity contribution in [1.82, 2.24) is 19.9 Å². The zero-order valence-corrected chi connectivity index (χ0v) is 23.4. The highest BCUT2D eigenvalue weighted by Crippen LogP contribution is 2.58. The van der Waals surface area contributed by atoms with Crippen LogP contribution in [0, 0.1) is 17.7 Å². The van der Waals surface area contributed by atoms with E-state index in [9.17, 15) is 14.0 Å². The summed E-state index contributed by atoms with van der Waals surface area (Å²) in [4.78, 5) is 32.0. The molecule has 3 atom stereocenters. The fourth-order valence-electron chi connectivity index (χ4n) is 6.02. The molecule has 6 rings (SSSR count). The van der Waals surface area contributed by atoms with Crippen LogP contribution in [-0.2, 0) is 15.9 Å². The maximum absolute atomic E-state index is 14.7. The van der Waals surface area contributed by atoms with Crippen molar-refractivity contribution >= 4 is 23.5 Å². The predicted molar refractivity (Wildman–Crippen MR) is 147 cm³/mol. The average Bonchev–Trinajstić information content (AvgIpc) is 3.75. The van der Waals surface area contributed by atoms with E-state index in [0.29, 0.717) is 23.0 Å². The summed E-state index contributed by atoms with van der Waals surface area (Å²) in [5, 5.41) is 7.34. The number of alkyl carbamates (subject to hydrolysis) is 1. The second kappa shape index (κ2) is 9.74. The van der Waals surface area contributed by atoms with Crippen molar-refractivity contribution in [2.45, 2.75) is 77.0 Å². The zero-order valence-electron chi connectivity index (χ0n) is 23.4.